The quantitative estimate of drug-likeness (QED) is 0.818. The zero-order valence-electron chi connectivity index (χ0n) is 8.88. The van der Waals surface area contributed by atoms with E-state index in [9.17, 15) is 0 Å². The molecule has 0 radical (unpaired) electrons. The third kappa shape index (κ3) is 2.97. The van der Waals surface area contributed by atoms with Gasteiger partial charge in [0.1, 0.15) is 5.75 Å². The number of methoxy groups -OCH3 is 1. The van der Waals surface area contributed by atoms with Crippen LogP contribution in [0, 0.1) is 0 Å². The number of hydrogen-bond acceptors (Lipinski definition) is 3. The van der Waals surface area contributed by atoms with Crippen molar-refractivity contribution in [1.82, 2.24) is 0 Å². The van der Waals surface area contributed by atoms with Crippen LogP contribution in [0.3, 0.4) is 0 Å². The van der Waals surface area contributed by atoms with E-state index >= 15 is 0 Å². The molecule has 0 heterocycles. The van der Waals surface area contributed by atoms with Crippen molar-refractivity contribution >= 4 is 24.4 Å². The van der Waals surface area contributed by atoms with Gasteiger partial charge in [0.25, 0.3) is 0 Å². The first-order chi connectivity index (χ1) is 7.78. The Bertz CT molecular complexity index is 448. The van der Waals surface area contributed by atoms with E-state index in [2.05, 4.69) is 36.9 Å². The normalized spacial score (nSPS) is 10.1. The van der Waals surface area contributed by atoms with Gasteiger partial charge >= 0.3 is 0 Å². The van der Waals surface area contributed by atoms with Gasteiger partial charge in [-0.1, -0.05) is 11.8 Å². The Labute approximate surface area is 105 Å². The van der Waals surface area contributed by atoms with E-state index in [1.165, 1.54) is 9.79 Å². The van der Waals surface area contributed by atoms with Gasteiger partial charge in [0.2, 0.25) is 0 Å². The highest BCUT2D eigenvalue weighted by molar-refractivity contribution is 7.99. The SMILES string of the molecule is COc1ccc(Sc2ccc(S)cc2)cc1. The Morgan fingerprint density at radius 3 is 1.88 bits per heavy atom. The van der Waals surface area contributed by atoms with Crippen molar-refractivity contribution in [2.45, 2.75) is 14.7 Å². The summed E-state index contributed by atoms with van der Waals surface area (Å²) in [6, 6.07) is 16.2. The summed E-state index contributed by atoms with van der Waals surface area (Å²) in [5, 5.41) is 0. The highest BCUT2D eigenvalue weighted by Gasteiger charge is 1.97. The fourth-order valence-electron chi connectivity index (χ4n) is 1.29. The number of ether oxygens (including phenoxy) is 1. The minimum absolute atomic E-state index is 0.884. The second kappa shape index (κ2) is 5.32. The van der Waals surface area contributed by atoms with Crippen LogP contribution in [-0.4, -0.2) is 7.11 Å². The van der Waals surface area contributed by atoms with Gasteiger partial charge in [-0.25, -0.2) is 0 Å². The smallest absolute Gasteiger partial charge is 0.118 e. The zero-order chi connectivity index (χ0) is 11.4. The van der Waals surface area contributed by atoms with Gasteiger partial charge in [0.05, 0.1) is 7.11 Å². The predicted molar refractivity (Wildman–Crippen MR) is 70.8 cm³/mol. The first-order valence-corrected chi connectivity index (χ1v) is 6.15. The average molecular weight is 248 g/mol. The van der Waals surface area contributed by atoms with Crippen molar-refractivity contribution in [3.8, 4) is 5.75 Å². The highest BCUT2D eigenvalue weighted by atomic mass is 32.2. The molecule has 0 N–H and O–H groups in total. The molecule has 0 aliphatic heterocycles. The fraction of sp³-hybridized carbons (Fsp3) is 0.0769. The van der Waals surface area contributed by atoms with E-state index in [-0.39, 0.29) is 0 Å². The molecule has 0 atom stereocenters. The van der Waals surface area contributed by atoms with Crippen LogP contribution >= 0.6 is 24.4 Å². The van der Waals surface area contributed by atoms with Crippen LogP contribution in [0.2, 0.25) is 0 Å². The minimum atomic E-state index is 0.884. The Morgan fingerprint density at radius 1 is 0.875 bits per heavy atom. The van der Waals surface area contributed by atoms with Crippen molar-refractivity contribution in [2.24, 2.45) is 0 Å². The molecule has 0 aliphatic rings. The van der Waals surface area contributed by atoms with Crippen LogP contribution < -0.4 is 4.74 Å². The summed E-state index contributed by atoms with van der Waals surface area (Å²) in [6.45, 7) is 0. The Morgan fingerprint density at radius 2 is 1.38 bits per heavy atom. The summed E-state index contributed by atoms with van der Waals surface area (Å²) >= 11 is 5.98. The van der Waals surface area contributed by atoms with E-state index in [0.29, 0.717) is 0 Å². The van der Waals surface area contributed by atoms with E-state index in [1.54, 1.807) is 18.9 Å². The summed E-state index contributed by atoms with van der Waals surface area (Å²) in [6.07, 6.45) is 0. The zero-order valence-corrected chi connectivity index (χ0v) is 10.6. The third-order valence-electron chi connectivity index (χ3n) is 2.13. The molecule has 0 saturated heterocycles. The molecule has 0 amide bonds. The molecule has 2 aromatic carbocycles. The summed E-state index contributed by atoms with van der Waals surface area (Å²) in [4.78, 5) is 3.40. The molecule has 1 nitrogen and oxygen atoms in total. The van der Waals surface area contributed by atoms with E-state index in [1.807, 2.05) is 24.3 Å². The third-order valence-corrected chi connectivity index (χ3v) is 3.45. The lowest BCUT2D eigenvalue weighted by Gasteiger charge is -2.03. The van der Waals surface area contributed by atoms with Crippen LogP contribution in [-0.2, 0) is 0 Å². The Kier molecular flexibility index (Phi) is 3.80. The number of hydrogen-bond donors (Lipinski definition) is 1. The first kappa shape index (κ1) is 11.4. The monoisotopic (exact) mass is 248 g/mol. The molecule has 0 bridgehead atoms. The van der Waals surface area contributed by atoms with Gasteiger partial charge in [0, 0.05) is 14.7 Å². The second-order valence-electron chi connectivity index (χ2n) is 3.27. The topological polar surface area (TPSA) is 9.23 Å². The summed E-state index contributed by atoms with van der Waals surface area (Å²) < 4.78 is 5.12. The fourth-order valence-corrected chi connectivity index (χ4v) is 2.26. The second-order valence-corrected chi connectivity index (χ2v) is 4.93. The molecule has 0 saturated carbocycles. The van der Waals surface area contributed by atoms with Crippen molar-refractivity contribution in [1.29, 1.82) is 0 Å². The van der Waals surface area contributed by atoms with Crippen LogP contribution in [0.1, 0.15) is 0 Å². The maximum atomic E-state index is 5.12. The van der Waals surface area contributed by atoms with E-state index in [4.69, 9.17) is 4.74 Å². The van der Waals surface area contributed by atoms with Crippen LogP contribution in [0.25, 0.3) is 0 Å². The number of benzene rings is 2. The molecule has 82 valence electrons. The van der Waals surface area contributed by atoms with Gasteiger partial charge in [-0.15, -0.1) is 12.6 Å². The largest absolute Gasteiger partial charge is 0.497 e. The molecule has 2 rings (SSSR count). The van der Waals surface area contributed by atoms with Gasteiger partial charge in [-0.2, -0.15) is 0 Å². The van der Waals surface area contributed by atoms with Crippen molar-refractivity contribution < 1.29 is 4.74 Å². The van der Waals surface area contributed by atoms with Crippen molar-refractivity contribution in [3.05, 3.63) is 48.5 Å². The van der Waals surface area contributed by atoms with E-state index < -0.39 is 0 Å². The molecule has 3 heteroatoms. The molecule has 0 aliphatic carbocycles. The van der Waals surface area contributed by atoms with Gasteiger partial charge in [0.15, 0.2) is 0 Å². The Balaban J connectivity index is 2.11. The van der Waals surface area contributed by atoms with Crippen molar-refractivity contribution in [3.63, 3.8) is 0 Å². The number of rotatable bonds is 3. The number of thiol groups is 1. The van der Waals surface area contributed by atoms with Crippen LogP contribution in [0.5, 0.6) is 5.75 Å². The van der Waals surface area contributed by atoms with E-state index in [0.717, 1.165) is 10.6 Å². The summed E-state index contributed by atoms with van der Waals surface area (Å²) in [5.41, 5.74) is 0. The summed E-state index contributed by atoms with van der Waals surface area (Å²) in [5.74, 6) is 0.884. The molecule has 0 spiro atoms. The van der Waals surface area contributed by atoms with Crippen molar-refractivity contribution in [2.75, 3.05) is 7.11 Å². The molecule has 2 aromatic rings. The lowest BCUT2D eigenvalue weighted by molar-refractivity contribution is 0.414. The van der Waals surface area contributed by atoms with Crippen LogP contribution in [0.4, 0.5) is 0 Å². The first-order valence-electron chi connectivity index (χ1n) is 4.89. The maximum Gasteiger partial charge on any atom is 0.118 e. The van der Waals surface area contributed by atoms with Gasteiger partial charge < -0.3 is 4.74 Å². The highest BCUT2D eigenvalue weighted by Crippen LogP contribution is 2.29. The molecular formula is C13H12OS2. The molecular weight excluding hydrogens is 236 g/mol. The average Bonchev–Trinajstić information content (AvgIpc) is 2.33. The Hall–Kier alpha value is -1.06. The molecule has 0 unspecified atom stereocenters. The van der Waals surface area contributed by atoms with Gasteiger partial charge in [-0.3, -0.25) is 0 Å². The standard InChI is InChI=1S/C13H12OS2/c1-14-10-2-6-12(7-3-10)16-13-8-4-11(15)5-9-13/h2-9,15H,1H3. The minimum Gasteiger partial charge on any atom is -0.497 e. The molecule has 0 fully saturated rings. The predicted octanol–water partition coefficient (Wildman–Crippen LogP) is 4.14. The molecule has 0 aromatic heterocycles. The molecule has 16 heavy (non-hydrogen) atoms. The maximum absolute atomic E-state index is 5.12. The lowest BCUT2D eigenvalue weighted by Crippen LogP contribution is -1.81. The van der Waals surface area contributed by atoms with Crippen LogP contribution in [0.15, 0.2) is 63.2 Å². The summed E-state index contributed by atoms with van der Waals surface area (Å²) in [7, 11) is 1.67. The lowest BCUT2D eigenvalue weighted by atomic mass is 10.3. The van der Waals surface area contributed by atoms with Gasteiger partial charge in [-0.05, 0) is 48.5 Å².